The monoisotopic (exact) mass is 212 g/mol. The highest BCUT2D eigenvalue weighted by molar-refractivity contribution is 4.66. The Bertz CT molecular complexity index is 143. The van der Waals surface area contributed by atoms with Gasteiger partial charge in [0.1, 0.15) is 0 Å². The molecule has 0 aliphatic rings. The minimum Gasteiger partial charge on any atom is -0.314 e. The van der Waals surface area contributed by atoms with Gasteiger partial charge in [-0.3, -0.25) is 0 Å². The van der Waals surface area contributed by atoms with Crippen LogP contribution in [0, 0.1) is 0 Å². The molecule has 0 aromatic rings. The average Bonchev–Trinajstić information content (AvgIpc) is 2.20. The predicted molar refractivity (Wildman–Crippen MR) is 69.3 cm³/mol. The molecule has 0 radical (unpaired) electrons. The van der Waals surface area contributed by atoms with Crippen molar-refractivity contribution >= 4 is 0 Å². The predicted octanol–water partition coefficient (Wildman–Crippen LogP) is 2.66. The number of nitrogens with one attached hydrogen (secondary N) is 1. The summed E-state index contributed by atoms with van der Waals surface area (Å²) in [5, 5.41) is 3.56. The molecule has 1 atom stereocenters. The van der Waals surface area contributed by atoms with Gasteiger partial charge in [0.2, 0.25) is 0 Å². The van der Waals surface area contributed by atoms with Gasteiger partial charge in [0.25, 0.3) is 0 Å². The fourth-order valence-corrected chi connectivity index (χ4v) is 1.49. The third kappa shape index (κ3) is 11.6. The standard InChI is InChI=1S/C13H28N2/c1-5-6-7-8-9-11-14-13(2)10-12-15(3)4/h5,13-14H,1,6-12H2,2-4H3. The van der Waals surface area contributed by atoms with E-state index >= 15 is 0 Å². The second-order valence-corrected chi connectivity index (χ2v) is 4.59. The van der Waals surface area contributed by atoms with Gasteiger partial charge in [-0.1, -0.05) is 12.5 Å². The first kappa shape index (κ1) is 14.7. The van der Waals surface area contributed by atoms with Crippen molar-refractivity contribution in [2.24, 2.45) is 0 Å². The first-order chi connectivity index (χ1) is 7.16. The first-order valence-electron chi connectivity index (χ1n) is 6.15. The van der Waals surface area contributed by atoms with Crippen LogP contribution in [0.3, 0.4) is 0 Å². The molecule has 0 fully saturated rings. The zero-order chi connectivity index (χ0) is 11.5. The van der Waals surface area contributed by atoms with Gasteiger partial charge >= 0.3 is 0 Å². The molecule has 0 aromatic carbocycles. The largest absolute Gasteiger partial charge is 0.314 e. The topological polar surface area (TPSA) is 15.3 Å². The molecule has 0 aliphatic carbocycles. The van der Waals surface area contributed by atoms with E-state index in [1.165, 1.54) is 32.2 Å². The molecule has 0 amide bonds. The molecular formula is C13H28N2. The van der Waals surface area contributed by atoms with Crippen LogP contribution in [0.25, 0.3) is 0 Å². The summed E-state index contributed by atoms with van der Waals surface area (Å²) in [6.45, 7) is 8.33. The third-order valence-electron chi connectivity index (χ3n) is 2.59. The van der Waals surface area contributed by atoms with Gasteiger partial charge in [0.15, 0.2) is 0 Å². The van der Waals surface area contributed by atoms with Gasteiger partial charge in [-0.25, -0.2) is 0 Å². The summed E-state index contributed by atoms with van der Waals surface area (Å²) in [4.78, 5) is 2.24. The lowest BCUT2D eigenvalue weighted by atomic mass is 10.2. The summed E-state index contributed by atoms with van der Waals surface area (Å²) in [6.07, 6.45) is 8.31. The highest BCUT2D eigenvalue weighted by Crippen LogP contribution is 2.00. The Hall–Kier alpha value is -0.340. The van der Waals surface area contributed by atoms with Gasteiger partial charge in [0.05, 0.1) is 0 Å². The van der Waals surface area contributed by atoms with Crippen molar-refractivity contribution in [2.45, 2.75) is 45.1 Å². The zero-order valence-corrected chi connectivity index (χ0v) is 10.8. The molecule has 0 bridgehead atoms. The Balaban J connectivity index is 3.16. The minimum absolute atomic E-state index is 0.645. The number of nitrogens with zero attached hydrogens (tertiary/aromatic N) is 1. The lowest BCUT2D eigenvalue weighted by Crippen LogP contribution is -2.30. The Morgan fingerprint density at radius 2 is 2.00 bits per heavy atom. The maximum absolute atomic E-state index is 3.73. The molecule has 1 unspecified atom stereocenters. The highest BCUT2D eigenvalue weighted by atomic mass is 15.1. The second kappa shape index (κ2) is 10.2. The minimum atomic E-state index is 0.645. The quantitative estimate of drug-likeness (QED) is 0.442. The SMILES string of the molecule is C=CCCCCCNC(C)CCN(C)C. The van der Waals surface area contributed by atoms with Crippen molar-refractivity contribution < 1.29 is 0 Å². The Kier molecular flexibility index (Phi) is 9.96. The fourth-order valence-electron chi connectivity index (χ4n) is 1.49. The second-order valence-electron chi connectivity index (χ2n) is 4.59. The van der Waals surface area contributed by atoms with Gasteiger partial charge < -0.3 is 10.2 Å². The smallest absolute Gasteiger partial charge is 0.00508 e. The van der Waals surface area contributed by atoms with E-state index in [0.29, 0.717) is 6.04 Å². The maximum Gasteiger partial charge on any atom is 0.00508 e. The number of allylic oxidation sites excluding steroid dienone is 1. The van der Waals surface area contributed by atoms with Gasteiger partial charge in [0, 0.05) is 6.04 Å². The van der Waals surface area contributed by atoms with E-state index in [0.717, 1.165) is 13.0 Å². The lowest BCUT2D eigenvalue weighted by Gasteiger charge is -2.16. The summed E-state index contributed by atoms with van der Waals surface area (Å²) in [7, 11) is 4.25. The van der Waals surface area contributed by atoms with Crippen LogP contribution in [0.4, 0.5) is 0 Å². The van der Waals surface area contributed by atoms with Crippen LogP contribution >= 0.6 is 0 Å². The molecule has 0 aromatic heterocycles. The van der Waals surface area contributed by atoms with Crippen LogP contribution in [0.5, 0.6) is 0 Å². The van der Waals surface area contributed by atoms with E-state index in [-0.39, 0.29) is 0 Å². The van der Waals surface area contributed by atoms with Crippen LogP contribution in [-0.4, -0.2) is 38.1 Å². The van der Waals surface area contributed by atoms with E-state index < -0.39 is 0 Å². The molecule has 0 rings (SSSR count). The lowest BCUT2D eigenvalue weighted by molar-refractivity contribution is 0.365. The first-order valence-corrected chi connectivity index (χ1v) is 6.15. The summed E-state index contributed by atoms with van der Waals surface area (Å²) >= 11 is 0. The summed E-state index contributed by atoms with van der Waals surface area (Å²) in [5.74, 6) is 0. The van der Waals surface area contributed by atoms with E-state index in [9.17, 15) is 0 Å². The molecule has 90 valence electrons. The molecule has 15 heavy (non-hydrogen) atoms. The molecule has 2 heteroatoms. The van der Waals surface area contributed by atoms with E-state index in [2.05, 4.69) is 37.8 Å². The Morgan fingerprint density at radius 1 is 1.27 bits per heavy atom. The van der Waals surface area contributed by atoms with Crippen molar-refractivity contribution in [1.29, 1.82) is 0 Å². The Labute approximate surface area is 95.7 Å². The molecule has 2 nitrogen and oxygen atoms in total. The number of hydrogen-bond acceptors (Lipinski definition) is 2. The summed E-state index contributed by atoms with van der Waals surface area (Å²) in [6, 6.07) is 0.645. The molecule has 0 heterocycles. The van der Waals surface area contributed by atoms with Gasteiger partial charge in [-0.05, 0) is 59.8 Å². The third-order valence-corrected chi connectivity index (χ3v) is 2.59. The molecule has 0 saturated carbocycles. The number of rotatable bonds is 10. The van der Waals surface area contributed by atoms with Gasteiger partial charge in [-0.2, -0.15) is 0 Å². The molecule has 1 N–H and O–H groups in total. The molecule has 0 aliphatic heterocycles. The zero-order valence-electron chi connectivity index (χ0n) is 10.8. The average molecular weight is 212 g/mol. The van der Waals surface area contributed by atoms with E-state index in [1.54, 1.807) is 0 Å². The van der Waals surface area contributed by atoms with Crippen molar-refractivity contribution in [3.05, 3.63) is 12.7 Å². The number of hydrogen-bond donors (Lipinski definition) is 1. The van der Waals surface area contributed by atoms with Crippen molar-refractivity contribution in [3.63, 3.8) is 0 Å². The van der Waals surface area contributed by atoms with E-state index in [1.807, 2.05) is 6.08 Å². The fraction of sp³-hybridized carbons (Fsp3) is 0.846. The molecule has 0 saturated heterocycles. The normalized spacial score (nSPS) is 13.1. The van der Waals surface area contributed by atoms with Crippen LogP contribution in [0.2, 0.25) is 0 Å². The van der Waals surface area contributed by atoms with Gasteiger partial charge in [-0.15, -0.1) is 6.58 Å². The maximum atomic E-state index is 3.73. The Morgan fingerprint density at radius 3 is 2.60 bits per heavy atom. The van der Waals surface area contributed by atoms with E-state index in [4.69, 9.17) is 0 Å². The van der Waals surface area contributed by atoms with Crippen LogP contribution in [0.1, 0.15) is 39.0 Å². The van der Waals surface area contributed by atoms with Crippen LogP contribution < -0.4 is 5.32 Å². The summed E-state index contributed by atoms with van der Waals surface area (Å²) < 4.78 is 0. The van der Waals surface area contributed by atoms with Crippen molar-refractivity contribution in [1.82, 2.24) is 10.2 Å². The van der Waals surface area contributed by atoms with Crippen LogP contribution in [-0.2, 0) is 0 Å². The summed E-state index contributed by atoms with van der Waals surface area (Å²) in [5.41, 5.74) is 0. The molecular weight excluding hydrogens is 184 g/mol. The van der Waals surface area contributed by atoms with Crippen molar-refractivity contribution in [2.75, 3.05) is 27.2 Å². The highest BCUT2D eigenvalue weighted by Gasteiger charge is 2.00. The van der Waals surface area contributed by atoms with Crippen LogP contribution in [0.15, 0.2) is 12.7 Å². The van der Waals surface area contributed by atoms with Crippen molar-refractivity contribution in [3.8, 4) is 0 Å². The molecule has 0 spiro atoms. The number of unbranched alkanes of at least 4 members (excludes halogenated alkanes) is 3.